The van der Waals surface area contributed by atoms with E-state index in [0.717, 1.165) is 24.3 Å². The van der Waals surface area contributed by atoms with Gasteiger partial charge >= 0.3 is 12.2 Å². The fraction of sp³-hybridized carbons (Fsp3) is 0.316. The van der Waals surface area contributed by atoms with Gasteiger partial charge in [-0.1, -0.05) is 6.07 Å². The van der Waals surface area contributed by atoms with Gasteiger partial charge in [0.2, 0.25) is 0 Å². The van der Waals surface area contributed by atoms with Gasteiger partial charge in [0.15, 0.2) is 0 Å². The summed E-state index contributed by atoms with van der Waals surface area (Å²) in [6.07, 6.45) is -4.50. The lowest BCUT2D eigenvalue weighted by molar-refractivity contribution is -0.137. The number of hydrazine groups is 1. The Morgan fingerprint density at radius 2 is 1.79 bits per heavy atom. The molecule has 2 aromatic rings. The number of urea groups is 1. The fourth-order valence-electron chi connectivity index (χ4n) is 3.55. The number of hydrogen-bond donors (Lipinski definition) is 1. The highest BCUT2D eigenvalue weighted by molar-refractivity contribution is 5.92. The molecule has 2 aromatic carbocycles. The molecule has 0 aliphatic carbocycles. The lowest BCUT2D eigenvalue weighted by atomic mass is 9.92. The van der Waals surface area contributed by atoms with Gasteiger partial charge in [0.25, 0.3) is 0 Å². The van der Waals surface area contributed by atoms with Crippen molar-refractivity contribution in [3.63, 3.8) is 0 Å². The van der Waals surface area contributed by atoms with Crippen LogP contribution in [0, 0.1) is 11.6 Å². The van der Waals surface area contributed by atoms with Crippen molar-refractivity contribution in [2.45, 2.75) is 24.7 Å². The summed E-state index contributed by atoms with van der Waals surface area (Å²) in [6.45, 7) is 1.91. The zero-order valence-corrected chi connectivity index (χ0v) is 15.1. The predicted molar refractivity (Wildman–Crippen MR) is 92.6 cm³/mol. The van der Waals surface area contributed by atoms with Crippen LogP contribution in [0.15, 0.2) is 42.5 Å². The Balaban J connectivity index is 1.64. The van der Waals surface area contributed by atoms with Crippen molar-refractivity contribution < 1.29 is 31.5 Å². The van der Waals surface area contributed by atoms with Gasteiger partial charge in [-0.25, -0.2) is 18.6 Å². The van der Waals surface area contributed by atoms with Crippen molar-refractivity contribution in [2.75, 3.05) is 18.3 Å². The summed E-state index contributed by atoms with van der Waals surface area (Å²) in [4.78, 5) is 12.4. The lowest BCUT2D eigenvalue weighted by Crippen LogP contribution is -2.50. The summed E-state index contributed by atoms with van der Waals surface area (Å²) < 4.78 is 71.6. The minimum atomic E-state index is -4.50. The van der Waals surface area contributed by atoms with E-state index in [4.69, 9.17) is 4.74 Å². The molecular weight excluding hydrogens is 397 g/mol. The van der Waals surface area contributed by atoms with Gasteiger partial charge in [-0.2, -0.15) is 18.2 Å². The van der Waals surface area contributed by atoms with Crippen LogP contribution in [0.1, 0.15) is 18.1 Å². The molecule has 29 heavy (non-hydrogen) atoms. The minimum absolute atomic E-state index is 0.0505. The van der Waals surface area contributed by atoms with Crippen molar-refractivity contribution in [3.05, 3.63) is 65.2 Å². The normalized spacial score (nSPS) is 23.2. The zero-order valence-electron chi connectivity index (χ0n) is 15.1. The first-order valence-electron chi connectivity index (χ1n) is 8.75. The van der Waals surface area contributed by atoms with Gasteiger partial charge in [0, 0.05) is 11.6 Å². The Morgan fingerprint density at radius 1 is 1.14 bits per heavy atom. The first-order chi connectivity index (χ1) is 13.6. The lowest BCUT2D eigenvalue weighted by Gasteiger charge is -2.35. The monoisotopic (exact) mass is 413 g/mol. The second-order valence-corrected chi connectivity index (χ2v) is 6.91. The number of hydrogen-bond acceptors (Lipinski definition) is 3. The summed E-state index contributed by atoms with van der Waals surface area (Å²) in [6, 6.07) is 6.19. The molecule has 0 saturated carbocycles. The maximum Gasteiger partial charge on any atom is 0.416 e. The first-order valence-corrected chi connectivity index (χ1v) is 8.75. The minimum Gasteiger partial charge on any atom is -0.363 e. The molecule has 2 heterocycles. The molecule has 154 valence electrons. The van der Waals surface area contributed by atoms with E-state index in [2.05, 4.69) is 5.32 Å². The van der Waals surface area contributed by atoms with Crippen LogP contribution >= 0.6 is 0 Å². The molecule has 0 aromatic heterocycles. The third-order valence-electron chi connectivity index (χ3n) is 5.25. The molecule has 10 heteroatoms. The van der Waals surface area contributed by atoms with E-state index < -0.39 is 41.0 Å². The van der Waals surface area contributed by atoms with Crippen molar-refractivity contribution in [1.82, 2.24) is 10.3 Å². The van der Waals surface area contributed by atoms with E-state index in [0.29, 0.717) is 0 Å². The SMILES string of the molecule is C[C@@H](N1CNC(=O)N1c1ccc(C(F)(F)F)cc1)[C@@]1(c2ccc(F)cc2F)CO1. The number of alkyl halides is 3. The Labute approximate surface area is 162 Å². The Morgan fingerprint density at radius 3 is 2.34 bits per heavy atom. The average molecular weight is 413 g/mol. The smallest absolute Gasteiger partial charge is 0.363 e. The van der Waals surface area contributed by atoms with Crippen LogP contribution in [0.3, 0.4) is 0 Å². The van der Waals surface area contributed by atoms with Crippen LogP contribution in [-0.2, 0) is 16.5 Å². The fourth-order valence-corrected chi connectivity index (χ4v) is 3.55. The molecule has 2 atom stereocenters. The van der Waals surface area contributed by atoms with E-state index >= 15 is 0 Å². The summed E-state index contributed by atoms with van der Waals surface area (Å²) in [5.74, 6) is -1.49. The van der Waals surface area contributed by atoms with Crippen molar-refractivity contribution in [3.8, 4) is 0 Å². The third kappa shape index (κ3) is 3.32. The second-order valence-electron chi connectivity index (χ2n) is 6.91. The molecule has 0 radical (unpaired) electrons. The standard InChI is InChI=1S/C19H16F5N3O2/c1-11(18(9-29-18)15-7-4-13(20)8-16(15)21)26-10-25-17(28)27(26)14-5-2-12(3-6-14)19(22,23)24/h2-8,11H,9-10H2,1H3,(H,25,28)/t11-,18-/m1/s1. The van der Waals surface area contributed by atoms with Crippen LogP contribution in [0.5, 0.6) is 0 Å². The van der Waals surface area contributed by atoms with Crippen LogP contribution in [0.2, 0.25) is 0 Å². The predicted octanol–water partition coefficient (Wildman–Crippen LogP) is 4.00. The topological polar surface area (TPSA) is 48.1 Å². The molecule has 2 fully saturated rings. The molecule has 2 saturated heterocycles. The number of anilines is 1. The largest absolute Gasteiger partial charge is 0.416 e. The molecule has 0 bridgehead atoms. The van der Waals surface area contributed by atoms with Crippen LogP contribution in [-0.4, -0.2) is 30.4 Å². The van der Waals surface area contributed by atoms with Crippen LogP contribution in [0.4, 0.5) is 32.4 Å². The van der Waals surface area contributed by atoms with Crippen LogP contribution in [0.25, 0.3) is 0 Å². The quantitative estimate of drug-likeness (QED) is 0.609. The van der Waals surface area contributed by atoms with Gasteiger partial charge < -0.3 is 10.1 Å². The van der Waals surface area contributed by atoms with Crippen LogP contribution < -0.4 is 10.3 Å². The second kappa shape index (κ2) is 6.67. The van der Waals surface area contributed by atoms with E-state index in [9.17, 15) is 26.7 Å². The molecule has 5 nitrogen and oxygen atoms in total. The molecule has 2 aliphatic heterocycles. The highest BCUT2D eigenvalue weighted by atomic mass is 19.4. The summed E-state index contributed by atoms with van der Waals surface area (Å²) in [5, 5.41) is 5.33. The molecular formula is C19H16F5N3O2. The number of epoxide rings is 1. The number of halogens is 5. The average Bonchev–Trinajstić information content (AvgIpc) is 3.36. The van der Waals surface area contributed by atoms with Gasteiger partial charge in [-0.3, -0.25) is 0 Å². The molecule has 4 rings (SSSR count). The number of carbonyl (C=O) groups excluding carboxylic acids is 1. The molecule has 0 spiro atoms. The van der Waals surface area contributed by atoms with Gasteiger partial charge in [-0.15, -0.1) is 0 Å². The van der Waals surface area contributed by atoms with E-state index in [1.807, 2.05) is 0 Å². The summed E-state index contributed by atoms with van der Waals surface area (Å²) in [7, 11) is 0. The zero-order chi connectivity index (χ0) is 21.0. The maximum absolute atomic E-state index is 14.3. The highest BCUT2D eigenvalue weighted by Gasteiger charge is 2.57. The Bertz CT molecular complexity index is 944. The Kier molecular flexibility index (Phi) is 4.50. The number of amides is 2. The number of carbonyl (C=O) groups is 1. The third-order valence-corrected chi connectivity index (χ3v) is 5.25. The summed E-state index contributed by atoms with van der Waals surface area (Å²) >= 11 is 0. The summed E-state index contributed by atoms with van der Waals surface area (Å²) in [5.41, 5.74) is -1.57. The van der Waals surface area contributed by atoms with E-state index in [-0.39, 0.29) is 24.5 Å². The van der Waals surface area contributed by atoms with E-state index in [1.54, 1.807) is 11.9 Å². The van der Waals surface area contributed by atoms with Crippen molar-refractivity contribution in [2.24, 2.45) is 0 Å². The number of rotatable bonds is 4. The number of nitrogens with zero attached hydrogens (tertiary/aromatic N) is 2. The molecule has 1 N–H and O–H groups in total. The van der Waals surface area contributed by atoms with Gasteiger partial charge in [-0.05, 0) is 37.3 Å². The molecule has 2 amide bonds. The highest BCUT2D eigenvalue weighted by Crippen LogP contribution is 2.46. The van der Waals surface area contributed by atoms with Crippen molar-refractivity contribution >= 4 is 11.7 Å². The maximum atomic E-state index is 14.3. The van der Waals surface area contributed by atoms with Gasteiger partial charge in [0.05, 0.1) is 30.6 Å². The van der Waals surface area contributed by atoms with E-state index in [1.165, 1.54) is 23.2 Å². The van der Waals surface area contributed by atoms with Crippen molar-refractivity contribution in [1.29, 1.82) is 0 Å². The number of nitrogens with one attached hydrogen (secondary N) is 1. The molecule has 2 aliphatic rings. The molecule has 0 unspecified atom stereocenters. The number of benzene rings is 2. The first kappa shape index (κ1) is 19.6. The Hall–Kier alpha value is -2.72. The number of ether oxygens (including phenoxy) is 1. The van der Waals surface area contributed by atoms with Gasteiger partial charge in [0.1, 0.15) is 17.2 Å².